The molecular formula is C15H29Cl2N5O. The number of aryl methyl sites for hydroxylation is 1. The summed E-state index contributed by atoms with van der Waals surface area (Å²) in [5.74, 6) is 0.223. The number of rotatable bonds is 5. The molecule has 1 aromatic heterocycles. The molecule has 2 N–H and O–H groups in total. The maximum absolute atomic E-state index is 12.8. The summed E-state index contributed by atoms with van der Waals surface area (Å²) < 4.78 is 1.81. The van der Waals surface area contributed by atoms with Crippen LogP contribution in [0.5, 0.6) is 0 Å². The molecule has 23 heavy (non-hydrogen) atoms. The molecule has 0 spiro atoms. The van der Waals surface area contributed by atoms with Gasteiger partial charge in [-0.25, -0.2) is 0 Å². The van der Waals surface area contributed by atoms with Crippen LogP contribution in [0, 0.1) is 5.41 Å². The van der Waals surface area contributed by atoms with Crippen molar-refractivity contribution in [3.8, 4) is 0 Å². The fourth-order valence-electron chi connectivity index (χ4n) is 3.00. The minimum atomic E-state index is -0.378. The molecule has 8 heteroatoms. The minimum absolute atomic E-state index is 0. The van der Waals surface area contributed by atoms with Crippen LogP contribution in [0.15, 0.2) is 12.4 Å². The molecule has 2 rings (SSSR count). The summed E-state index contributed by atoms with van der Waals surface area (Å²) in [5, 5.41) is 4.20. The Kier molecular flexibility index (Phi) is 8.95. The van der Waals surface area contributed by atoms with Crippen LogP contribution >= 0.6 is 24.8 Å². The second-order valence-corrected chi connectivity index (χ2v) is 5.84. The van der Waals surface area contributed by atoms with Gasteiger partial charge < -0.3 is 15.5 Å². The van der Waals surface area contributed by atoms with Gasteiger partial charge in [-0.1, -0.05) is 13.8 Å². The van der Waals surface area contributed by atoms with E-state index in [4.69, 9.17) is 5.73 Å². The van der Waals surface area contributed by atoms with E-state index in [1.54, 1.807) is 4.68 Å². The van der Waals surface area contributed by atoms with Gasteiger partial charge in [-0.15, -0.1) is 24.8 Å². The summed E-state index contributed by atoms with van der Waals surface area (Å²) >= 11 is 0. The number of nitrogens with zero attached hydrogens (tertiary/aromatic N) is 4. The second-order valence-electron chi connectivity index (χ2n) is 5.84. The van der Waals surface area contributed by atoms with Crippen molar-refractivity contribution in [1.29, 1.82) is 0 Å². The smallest absolute Gasteiger partial charge is 0.230 e. The lowest BCUT2D eigenvalue weighted by Crippen LogP contribution is -2.54. The van der Waals surface area contributed by atoms with Crippen LogP contribution in [0.3, 0.4) is 0 Å². The molecule has 134 valence electrons. The zero-order valence-corrected chi connectivity index (χ0v) is 15.8. The molecule has 1 fully saturated rings. The molecule has 1 amide bonds. The Labute approximate surface area is 151 Å². The molecule has 0 saturated carbocycles. The van der Waals surface area contributed by atoms with Gasteiger partial charge in [0.05, 0.1) is 17.3 Å². The molecule has 0 radical (unpaired) electrons. The van der Waals surface area contributed by atoms with E-state index < -0.39 is 0 Å². The molecule has 0 aromatic carbocycles. The van der Waals surface area contributed by atoms with Crippen molar-refractivity contribution in [2.24, 2.45) is 18.2 Å². The van der Waals surface area contributed by atoms with Gasteiger partial charge in [-0.3, -0.25) is 9.48 Å². The van der Waals surface area contributed by atoms with E-state index in [0.717, 1.165) is 44.7 Å². The monoisotopic (exact) mass is 365 g/mol. The summed E-state index contributed by atoms with van der Waals surface area (Å²) in [6, 6.07) is 0. The standard InChI is InChI=1S/C15H27N5O.2ClH/c1-4-15(5-2,12-16)14(21)20-8-6-19(7-9-20)13-10-17-18(3)11-13;;/h10-11H,4-9,12,16H2,1-3H3;2*1H. The number of carbonyl (C=O) groups is 1. The van der Waals surface area contributed by atoms with E-state index in [1.165, 1.54) is 0 Å². The Balaban J connectivity index is 0.00000242. The molecular weight excluding hydrogens is 337 g/mol. The number of hydrogen-bond donors (Lipinski definition) is 1. The third-order valence-corrected chi connectivity index (χ3v) is 4.82. The number of carbonyl (C=O) groups excluding carboxylic acids is 1. The number of halogens is 2. The van der Waals surface area contributed by atoms with E-state index in [0.29, 0.717) is 6.54 Å². The lowest BCUT2D eigenvalue weighted by atomic mass is 9.81. The van der Waals surface area contributed by atoms with E-state index in [1.807, 2.05) is 24.3 Å². The van der Waals surface area contributed by atoms with Crippen molar-refractivity contribution in [2.75, 3.05) is 37.6 Å². The molecule has 0 bridgehead atoms. The maximum Gasteiger partial charge on any atom is 0.230 e. The summed E-state index contributed by atoms with van der Waals surface area (Å²) in [6.07, 6.45) is 5.50. The Morgan fingerprint density at radius 3 is 2.17 bits per heavy atom. The number of piperazine rings is 1. The summed E-state index contributed by atoms with van der Waals surface area (Å²) in [7, 11) is 1.92. The van der Waals surface area contributed by atoms with Gasteiger partial charge in [-0.2, -0.15) is 5.10 Å². The highest BCUT2D eigenvalue weighted by atomic mass is 35.5. The number of anilines is 1. The van der Waals surface area contributed by atoms with Gasteiger partial charge in [0.25, 0.3) is 0 Å². The highest BCUT2D eigenvalue weighted by Crippen LogP contribution is 2.28. The van der Waals surface area contributed by atoms with Crippen molar-refractivity contribution < 1.29 is 4.79 Å². The van der Waals surface area contributed by atoms with Gasteiger partial charge in [0.1, 0.15) is 0 Å². The molecule has 1 aromatic rings. The third-order valence-electron chi connectivity index (χ3n) is 4.82. The van der Waals surface area contributed by atoms with Gasteiger partial charge in [-0.05, 0) is 12.8 Å². The number of hydrogen-bond acceptors (Lipinski definition) is 4. The molecule has 1 saturated heterocycles. The zero-order chi connectivity index (χ0) is 15.5. The molecule has 6 nitrogen and oxygen atoms in total. The number of aromatic nitrogens is 2. The first-order valence-corrected chi connectivity index (χ1v) is 7.79. The first kappa shape index (κ1) is 22.0. The third kappa shape index (κ3) is 4.52. The Hall–Kier alpha value is -0.980. The van der Waals surface area contributed by atoms with Gasteiger partial charge in [0.15, 0.2) is 0 Å². The second kappa shape index (κ2) is 9.35. The fourth-order valence-corrected chi connectivity index (χ4v) is 3.00. The highest BCUT2D eigenvalue weighted by Gasteiger charge is 2.37. The minimum Gasteiger partial charge on any atom is -0.365 e. The summed E-state index contributed by atoms with van der Waals surface area (Å²) in [6.45, 7) is 7.77. The quantitative estimate of drug-likeness (QED) is 0.861. The average Bonchev–Trinajstić information content (AvgIpc) is 2.96. The van der Waals surface area contributed by atoms with E-state index in [-0.39, 0.29) is 36.1 Å². The van der Waals surface area contributed by atoms with Crippen molar-refractivity contribution in [1.82, 2.24) is 14.7 Å². The fraction of sp³-hybridized carbons (Fsp3) is 0.733. The Morgan fingerprint density at radius 1 is 1.22 bits per heavy atom. The van der Waals surface area contributed by atoms with Crippen molar-refractivity contribution >= 4 is 36.4 Å². The van der Waals surface area contributed by atoms with Crippen LogP contribution < -0.4 is 10.6 Å². The highest BCUT2D eigenvalue weighted by molar-refractivity contribution is 5.85. The van der Waals surface area contributed by atoms with Gasteiger partial charge in [0, 0.05) is 46.0 Å². The van der Waals surface area contributed by atoms with E-state index in [9.17, 15) is 4.79 Å². The van der Waals surface area contributed by atoms with Gasteiger partial charge in [0.2, 0.25) is 5.91 Å². The lowest BCUT2D eigenvalue weighted by molar-refractivity contribution is -0.142. The largest absolute Gasteiger partial charge is 0.365 e. The van der Waals surface area contributed by atoms with Crippen LogP contribution in [0.2, 0.25) is 0 Å². The SMILES string of the molecule is CCC(CC)(CN)C(=O)N1CCN(c2cnn(C)c2)CC1.Cl.Cl. The normalized spacial score (nSPS) is 15.0. The van der Waals surface area contributed by atoms with Crippen LogP contribution in [0.4, 0.5) is 5.69 Å². The number of amides is 1. The number of nitrogens with two attached hydrogens (primary N) is 1. The van der Waals surface area contributed by atoms with E-state index in [2.05, 4.69) is 23.8 Å². The maximum atomic E-state index is 12.8. The van der Waals surface area contributed by atoms with Crippen molar-refractivity contribution in [3.05, 3.63) is 12.4 Å². The first-order valence-electron chi connectivity index (χ1n) is 7.79. The average molecular weight is 366 g/mol. The van der Waals surface area contributed by atoms with Gasteiger partial charge >= 0.3 is 0 Å². The van der Waals surface area contributed by atoms with Crippen molar-refractivity contribution in [3.63, 3.8) is 0 Å². The predicted molar refractivity (Wildman–Crippen MR) is 98.6 cm³/mol. The zero-order valence-electron chi connectivity index (χ0n) is 14.2. The first-order chi connectivity index (χ1) is 10.1. The molecule has 1 aliphatic rings. The lowest BCUT2D eigenvalue weighted by Gasteiger charge is -2.40. The molecule has 1 aliphatic heterocycles. The predicted octanol–water partition coefficient (Wildman–Crippen LogP) is 1.68. The Morgan fingerprint density at radius 2 is 1.78 bits per heavy atom. The topological polar surface area (TPSA) is 67.4 Å². The molecule has 0 aliphatic carbocycles. The molecule has 0 atom stereocenters. The van der Waals surface area contributed by atoms with Crippen LogP contribution in [0.25, 0.3) is 0 Å². The van der Waals surface area contributed by atoms with Crippen LogP contribution in [-0.4, -0.2) is 53.3 Å². The molecule has 0 unspecified atom stereocenters. The van der Waals surface area contributed by atoms with Crippen LogP contribution in [0.1, 0.15) is 26.7 Å². The Bertz CT molecular complexity index is 474. The summed E-state index contributed by atoms with van der Waals surface area (Å²) in [5.41, 5.74) is 6.64. The van der Waals surface area contributed by atoms with E-state index >= 15 is 0 Å². The molecule has 2 heterocycles. The van der Waals surface area contributed by atoms with Crippen molar-refractivity contribution in [2.45, 2.75) is 26.7 Å². The summed E-state index contributed by atoms with van der Waals surface area (Å²) in [4.78, 5) is 17.0. The van der Waals surface area contributed by atoms with Crippen LogP contribution in [-0.2, 0) is 11.8 Å².